The molecule has 0 spiro atoms. The molecule has 35 heavy (non-hydrogen) atoms. The van der Waals surface area contributed by atoms with Crippen LogP contribution in [0.5, 0.6) is 0 Å². The molecule has 8 heteroatoms. The van der Waals surface area contributed by atoms with Crippen LogP contribution in [-0.2, 0) is 19.3 Å². The van der Waals surface area contributed by atoms with Crippen LogP contribution in [0, 0.1) is 0 Å². The van der Waals surface area contributed by atoms with E-state index in [0.717, 1.165) is 55.3 Å². The first-order valence-electron chi connectivity index (χ1n) is 12.0. The number of nitrogens with one attached hydrogen (secondary N) is 3. The van der Waals surface area contributed by atoms with Gasteiger partial charge in [0.15, 0.2) is 0 Å². The maximum Gasteiger partial charge on any atom is 0.320 e. The van der Waals surface area contributed by atoms with Gasteiger partial charge in [0.1, 0.15) is 5.82 Å². The van der Waals surface area contributed by atoms with Gasteiger partial charge in [0.2, 0.25) is 5.95 Å². The third-order valence-electron chi connectivity index (χ3n) is 6.17. The van der Waals surface area contributed by atoms with Crippen molar-refractivity contribution >= 4 is 11.8 Å². The molecular weight excluding hydrogens is 440 g/mol. The Morgan fingerprint density at radius 1 is 1.00 bits per heavy atom. The second kappa shape index (κ2) is 10.4. The van der Waals surface area contributed by atoms with Gasteiger partial charge in [-0.2, -0.15) is 9.78 Å². The number of nitrogens with zero attached hydrogens (tertiary/aromatic N) is 3. The van der Waals surface area contributed by atoms with Crippen LogP contribution in [0.3, 0.4) is 0 Å². The lowest BCUT2D eigenvalue weighted by atomic mass is 9.97. The van der Waals surface area contributed by atoms with E-state index in [1.807, 2.05) is 48.5 Å². The summed E-state index contributed by atoms with van der Waals surface area (Å²) in [6, 6.07) is 21.3. The highest BCUT2D eigenvalue weighted by atomic mass is 16.2. The molecule has 0 atom stereocenters. The molecule has 2 amide bonds. The van der Waals surface area contributed by atoms with Gasteiger partial charge in [-0.25, -0.2) is 9.78 Å². The number of aromatic nitrogens is 4. The summed E-state index contributed by atoms with van der Waals surface area (Å²) in [6.45, 7) is 0.536. The van der Waals surface area contributed by atoms with Crippen LogP contribution in [0.25, 0.3) is 17.2 Å². The van der Waals surface area contributed by atoms with Crippen molar-refractivity contribution in [2.75, 3.05) is 11.9 Å². The fourth-order valence-electron chi connectivity index (χ4n) is 4.37. The third-order valence-corrected chi connectivity index (χ3v) is 6.17. The zero-order valence-electron chi connectivity index (χ0n) is 19.5. The lowest BCUT2D eigenvalue weighted by molar-refractivity contribution is 0.252. The third kappa shape index (κ3) is 5.32. The van der Waals surface area contributed by atoms with E-state index in [4.69, 9.17) is 4.98 Å². The van der Waals surface area contributed by atoms with Crippen molar-refractivity contribution in [2.45, 2.75) is 38.5 Å². The molecule has 2 aromatic heterocycles. The lowest BCUT2D eigenvalue weighted by Gasteiger charge is -2.15. The maximum absolute atomic E-state index is 12.7. The quantitative estimate of drug-likeness (QED) is 0.353. The second-order valence-electron chi connectivity index (χ2n) is 8.68. The highest BCUT2D eigenvalue weighted by Gasteiger charge is 2.20. The summed E-state index contributed by atoms with van der Waals surface area (Å²) in [5.41, 5.74) is 4.23. The summed E-state index contributed by atoms with van der Waals surface area (Å²) in [5, 5.41) is 10.5. The van der Waals surface area contributed by atoms with Crippen LogP contribution < -0.4 is 16.2 Å². The number of urea groups is 1. The van der Waals surface area contributed by atoms with Gasteiger partial charge in [0.05, 0.1) is 11.4 Å². The van der Waals surface area contributed by atoms with Crippen molar-refractivity contribution in [3.63, 3.8) is 0 Å². The summed E-state index contributed by atoms with van der Waals surface area (Å²) in [4.78, 5) is 33.0. The van der Waals surface area contributed by atoms with Crippen molar-refractivity contribution < 1.29 is 4.79 Å². The molecule has 1 aliphatic carbocycles. The minimum absolute atomic E-state index is 0.141. The summed E-state index contributed by atoms with van der Waals surface area (Å²) in [5.74, 6) is 0.737. The number of amides is 2. The van der Waals surface area contributed by atoms with Crippen molar-refractivity contribution in [1.82, 2.24) is 25.1 Å². The standard InChI is InChI=1S/C27H28N6O2/c34-25-21-15-7-8-16-22(21)29-26(31-25)33-24(18-23(32-33)20-13-5-2-6-14-20)30-27(35)28-17-9-12-19-10-3-1-4-11-19/h1-6,10-11,13-14,18H,7-9,12,15-17H2,(H2,28,30,35)(H,29,31,34). The van der Waals surface area contributed by atoms with E-state index in [1.165, 1.54) is 10.2 Å². The van der Waals surface area contributed by atoms with E-state index in [-0.39, 0.29) is 11.6 Å². The number of aryl methyl sites for hydroxylation is 2. The largest absolute Gasteiger partial charge is 0.338 e. The van der Waals surface area contributed by atoms with E-state index >= 15 is 0 Å². The molecule has 1 aliphatic rings. The van der Waals surface area contributed by atoms with Gasteiger partial charge in [-0.05, 0) is 44.1 Å². The van der Waals surface area contributed by atoms with Gasteiger partial charge in [-0.1, -0.05) is 60.7 Å². The fourth-order valence-corrected chi connectivity index (χ4v) is 4.37. The Morgan fingerprint density at radius 2 is 1.74 bits per heavy atom. The zero-order chi connectivity index (χ0) is 24.0. The number of carbonyl (C=O) groups excluding carboxylic acids is 1. The van der Waals surface area contributed by atoms with E-state index < -0.39 is 0 Å². The summed E-state index contributed by atoms with van der Waals surface area (Å²) < 4.78 is 1.50. The smallest absolute Gasteiger partial charge is 0.320 e. The Morgan fingerprint density at radius 3 is 2.54 bits per heavy atom. The zero-order valence-corrected chi connectivity index (χ0v) is 19.5. The summed E-state index contributed by atoms with van der Waals surface area (Å²) in [6.07, 6.45) is 5.22. The number of anilines is 1. The summed E-state index contributed by atoms with van der Waals surface area (Å²) in [7, 11) is 0. The maximum atomic E-state index is 12.7. The van der Waals surface area contributed by atoms with Crippen molar-refractivity contribution in [1.29, 1.82) is 0 Å². The normalized spacial score (nSPS) is 12.7. The molecule has 0 radical (unpaired) electrons. The molecule has 178 valence electrons. The molecule has 0 saturated carbocycles. The molecule has 2 aromatic carbocycles. The van der Waals surface area contributed by atoms with Crippen LogP contribution in [0.1, 0.15) is 36.1 Å². The number of rotatable bonds is 7. The monoisotopic (exact) mass is 468 g/mol. The Balaban J connectivity index is 1.36. The number of benzene rings is 2. The van der Waals surface area contributed by atoms with Crippen LogP contribution >= 0.6 is 0 Å². The first-order valence-corrected chi connectivity index (χ1v) is 12.0. The second-order valence-corrected chi connectivity index (χ2v) is 8.68. The molecule has 0 saturated heterocycles. The molecular formula is C27H28N6O2. The highest BCUT2D eigenvalue weighted by molar-refractivity contribution is 5.89. The van der Waals surface area contributed by atoms with Gasteiger partial charge in [0.25, 0.3) is 5.56 Å². The van der Waals surface area contributed by atoms with Crippen molar-refractivity contribution in [2.24, 2.45) is 0 Å². The molecule has 0 fully saturated rings. The average Bonchev–Trinajstić information content (AvgIpc) is 3.31. The fraction of sp³-hybridized carbons (Fsp3) is 0.259. The molecule has 8 nitrogen and oxygen atoms in total. The Labute approximate surface area is 203 Å². The minimum Gasteiger partial charge on any atom is -0.338 e. The molecule has 5 rings (SSSR count). The van der Waals surface area contributed by atoms with Crippen molar-refractivity contribution in [3.05, 3.63) is 93.9 Å². The number of fused-ring (bicyclic) bond motifs is 1. The molecule has 2 heterocycles. The number of aromatic amines is 1. The first-order chi connectivity index (χ1) is 17.2. The first kappa shape index (κ1) is 22.6. The highest BCUT2D eigenvalue weighted by Crippen LogP contribution is 2.24. The van der Waals surface area contributed by atoms with Gasteiger partial charge in [-0.15, -0.1) is 0 Å². The van der Waals surface area contributed by atoms with Gasteiger partial charge >= 0.3 is 6.03 Å². The molecule has 4 aromatic rings. The summed E-state index contributed by atoms with van der Waals surface area (Å²) >= 11 is 0. The SMILES string of the molecule is O=C(NCCCc1ccccc1)Nc1cc(-c2ccccc2)nn1-c1nc2c(c(=O)[nH]1)CCCC2. The number of carbonyl (C=O) groups is 1. The van der Waals surface area contributed by atoms with Crippen LogP contribution in [0.2, 0.25) is 0 Å². The Kier molecular flexibility index (Phi) is 6.70. The predicted octanol–water partition coefficient (Wildman–Crippen LogP) is 4.26. The molecule has 3 N–H and O–H groups in total. The average molecular weight is 469 g/mol. The predicted molar refractivity (Wildman–Crippen MR) is 136 cm³/mol. The van der Waals surface area contributed by atoms with Crippen LogP contribution in [0.4, 0.5) is 10.6 Å². The minimum atomic E-state index is -0.334. The molecule has 0 aliphatic heterocycles. The Hall–Kier alpha value is -4.20. The van der Waals surface area contributed by atoms with E-state index in [2.05, 4.69) is 32.8 Å². The molecule has 0 unspecified atom stereocenters. The van der Waals surface area contributed by atoms with Crippen LogP contribution in [0.15, 0.2) is 71.5 Å². The number of hydrogen-bond donors (Lipinski definition) is 3. The number of hydrogen-bond acceptors (Lipinski definition) is 4. The van der Waals surface area contributed by atoms with Crippen LogP contribution in [-0.4, -0.2) is 32.3 Å². The molecule has 0 bridgehead atoms. The topological polar surface area (TPSA) is 105 Å². The lowest BCUT2D eigenvalue weighted by Crippen LogP contribution is -2.31. The number of H-pyrrole nitrogens is 1. The van der Waals surface area contributed by atoms with E-state index in [0.29, 0.717) is 24.0 Å². The van der Waals surface area contributed by atoms with Gasteiger partial charge in [-0.3, -0.25) is 15.1 Å². The Bertz CT molecular complexity index is 1360. The van der Waals surface area contributed by atoms with Crippen molar-refractivity contribution in [3.8, 4) is 17.2 Å². The van der Waals surface area contributed by atoms with Gasteiger partial charge < -0.3 is 5.32 Å². The van der Waals surface area contributed by atoms with Gasteiger partial charge in [0, 0.05) is 23.7 Å². The van der Waals surface area contributed by atoms with E-state index in [9.17, 15) is 9.59 Å². The van der Waals surface area contributed by atoms with E-state index in [1.54, 1.807) is 6.07 Å².